The Kier molecular flexibility index (Phi) is 7.18. The fraction of sp³-hybridized carbons (Fsp3) is 0.438. The largest absolute Gasteiger partial charge is 0.469 e. The third-order valence-electron chi connectivity index (χ3n) is 3.27. The smallest absolute Gasteiger partial charge is 0.328 e. The molecule has 1 amide bonds. The summed E-state index contributed by atoms with van der Waals surface area (Å²) in [6.07, 6.45) is -0.0356. The summed E-state index contributed by atoms with van der Waals surface area (Å²) >= 11 is 0. The second-order valence-electron chi connectivity index (χ2n) is 5.11. The van der Waals surface area contributed by atoms with E-state index in [1.807, 2.05) is 0 Å². The van der Waals surface area contributed by atoms with Crippen molar-refractivity contribution in [3.05, 3.63) is 35.6 Å². The summed E-state index contributed by atoms with van der Waals surface area (Å²) in [6.45, 7) is 1.58. The van der Waals surface area contributed by atoms with Crippen LogP contribution in [0.25, 0.3) is 0 Å². The number of benzene rings is 1. The molecule has 0 radical (unpaired) electrons. The minimum absolute atomic E-state index is 0.0498. The van der Waals surface area contributed by atoms with Crippen molar-refractivity contribution in [1.29, 1.82) is 0 Å². The minimum Gasteiger partial charge on any atom is -0.469 e. The number of halogens is 1. The van der Waals surface area contributed by atoms with E-state index in [4.69, 9.17) is 0 Å². The van der Waals surface area contributed by atoms with E-state index >= 15 is 0 Å². The van der Waals surface area contributed by atoms with Crippen molar-refractivity contribution in [3.8, 4) is 0 Å². The van der Waals surface area contributed by atoms with Crippen LogP contribution in [0.15, 0.2) is 24.3 Å². The standard InChI is InChI=1S/C16H20FNO5/c1-10(15(20)22-2)7-13(16(21)23-3)18-14(19)9-11-5-4-6-12(17)8-11/h4-6,8,10,13H,7,9H2,1-3H3,(H,18,19)/t10-,13+/m1/s1. The molecule has 0 heterocycles. The van der Waals surface area contributed by atoms with Gasteiger partial charge >= 0.3 is 11.9 Å². The molecule has 0 spiro atoms. The van der Waals surface area contributed by atoms with Crippen LogP contribution in [0.2, 0.25) is 0 Å². The van der Waals surface area contributed by atoms with Gasteiger partial charge in [0.05, 0.1) is 26.6 Å². The molecule has 7 heteroatoms. The molecule has 0 aliphatic carbocycles. The monoisotopic (exact) mass is 325 g/mol. The molecule has 23 heavy (non-hydrogen) atoms. The van der Waals surface area contributed by atoms with Crippen molar-refractivity contribution in [2.45, 2.75) is 25.8 Å². The molecular formula is C16H20FNO5. The number of rotatable bonds is 7. The molecule has 0 aliphatic heterocycles. The summed E-state index contributed by atoms with van der Waals surface area (Å²) in [5.74, 6) is -2.65. The first kappa shape index (κ1) is 18.6. The molecule has 0 saturated carbocycles. The maximum atomic E-state index is 13.1. The molecule has 1 aromatic rings. The zero-order valence-corrected chi connectivity index (χ0v) is 13.3. The first-order chi connectivity index (χ1) is 10.9. The molecule has 0 aliphatic rings. The summed E-state index contributed by atoms with van der Waals surface area (Å²) in [7, 11) is 2.44. The van der Waals surface area contributed by atoms with E-state index in [1.54, 1.807) is 13.0 Å². The Morgan fingerprint density at radius 2 is 1.83 bits per heavy atom. The van der Waals surface area contributed by atoms with Crippen LogP contribution in [0, 0.1) is 11.7 Å². The highest BCUT2D eigenvalue weighted by molar-refractivity contribution is 5.86. The molecule has 0 fully saturated rings. The summed E-state index contributed by atoms with van der Waals surface area (Å²) < 4.78 is 22.3. The SMILES string of the molecule is COC(=O)[C@H](C)C[C@H](NC(=O)Cc1cccc(F)c1)C(=O)OC. The molecule has 126 valence electrons. The maximum Gasteiger partial charge on any atom is 0.328 e. The van der Waals surface area contributed by atoms with Gasteiger partial charge in [0.25, 0.3) is 0 Å². The van der Waals surface area contributed by atoms with E-state index in [1.165, 1.54) is 32.4 Å². The number of carbonyl (C=O) groups is 3. The van der Waals surface area contributed by atoms with Gasteiger partial charge in [0.2, 0.25) is 5.91 Å². The van der Waals surface area contributed by atoms with E-state index in [9.17, 15) is 18.8 Å². The van der Waals surface area contributed by atoms with Gasteiger partial charge in [-0.25, -0.2) is 9.18 Å². The molecule has 1 rings (SSSR count). The van der Waals surface area contributed by atoms with Gasteiger partial charge < -0.3 is 14.8 Å². The van der Waals surface area contributed by atoms with Gasteiger partial charge in [-0.1, -0.05) is 19.1 Å². The van der Waals surface area contributed by atoms with Crippen molar-refractivity contribution in [2.75, 3.05) is 14.2 Å². The number of carbonyl (C=O) groups excluding carboxylic acids is 3. The van der Waals surface area contributed by atoms with Crippen LogP contribution < -0.4 is 5.32 Å². The van der Waals surface area contributed by atoms with E-state index in [-0.39, 0.29) is 12.8 Å². The average Bonchev–Trinajstić information content (AvgIpc) is 2.52. The second kappa shape index (κ2) is 8.87. The van der Waals surface area contributed by atoms with Crippen molar-refractivity contribution in [2.24, 2.45) is 5.92 Å². The van der Waals surface area contributed by atoms with Gasteiger partial charge in [-0.3, -0.25) is 9.59 Å². The van der Waals surface area contributed by atoms with E-state index in [0.717, 1.165) is 0 Å². The Hall–Kier alpha value is -2.44. The van der Waals surface area contributed by atoms with Crippen molar-refractivity contribution in [3.63, 3.8) is 0 Å². The first-order valence-corrected chi connectivity index (χ1v) is 7.06. The zero-order valence-electron chi connectivity index (χ0n) is 13.3. The lowest BCUT2D eigenvalue weighted by Crippen LogP contribution is -2.44. The summed E-state index contributed by atoms with van der Waals surface area (Å²) in [6, 6.07) is 4.64. The van der Waals surface area contributed by atoms with Crippen molar-refractivity contribution >= 4 is 17.8 Å². The number of hydrogen-bond acceptors (Lipinski definition) is 5. The molecule has 6 nitrogen and oxygen atoms in total. The highest BCUT2D eigenvalue weighted by Gasteiger charge is 2.27. The molecule has 0 saturated heterocycles. The fourth-order valence-corrected chi connectivity index (χ4v) is 2.08. The molecule has 2 atom stereocenters. The van der Waals surface area contributed by atoms with Crippen LogP contribution in [0.4, 0.5) is 4.39 Å². The normalized spacial score (nSPS) is 12.9. The third-order valence-corrected chi connectivity index (χ3v) is 3.27. The van der Waals surface area contributed by atoms with Crippen LogP contribution >= 0.6 is 0 Å². The van der Waals surface area contributed by atoms with Gasteiger partial charge in [-0.2, -0.15) is 0 Å². The van der Waals surface area contributed by atoms with Crippen LogP contribution in [-0.2, 0) is 30.3 Å². The quantitative estimate of drug-likeness (QED) is 0.763. The number of hydrogen-bond donors (Lipinski definition) is 1. The average molecular weight is 325 g/mol. The van der Waals surface area contributed by atoms with Crippen molar-refractivity contribution in [1.82, 2.24) is 5.32 Å². The Morgan fingerprint density at radius 3 is 2.39 bits per heavy atom. The van der Waals surface area contributed by atoms with Gasteiger partial charge in [-0.05, 0) is 24.1 Å². The number of nitrogens with one attached hydrogen (secondary N) is 1. The molecule has 0 bridgehead atoms. The Balaban J connectivity index is 2.71. The third kappa shape index (κ3) is 6.06. The van der Waals surface area contributed by atoms with Gasteiger partial charge in [0, 0.05) is 0 Å². The summed E-state index contributed by atoms with van der Waals surface area (Å²) in [4.78, 5) is 35.2. The lowest BCUT2D eigenvalue weighted by Gasteiger charge is -2.19. The predicted octanol–water partition coefficient (Wildman–Crippen LogP) is 1.23. The summed E-state index contributed by atoms with van der Waals surface area (Å²) in [5.41, 5.74) is 0.479. The van der Waals surface area contributed by atoms with Gasteiger partial charge in [-0.15, -0.1) is 0 Å². The number of methoxy groups -OCH3 is 2. The lowest BCUT2D eigenvalue weighted by molar-refractivity contribution is -0.148. The van der Waals surface area contributed by atoms with E-state index in [2.05, 4.69) is 14.8 Å². The topological polar surface area (TPSA) is 81.7 Å². The van der Waals surface area contributed by atoms with E-state index in [0.29, 0.717) is 5.56 Å². The predicted molar refractivity (Wildman–Crippen MR) is 79.8 cm³/mol. The van der Waals surface area contributed by atoms with E-state index < -0.39 is 35.6 Å². The van der Waals surface area contributed by atoms with Gasteiger partial charge in [0.15, 0.2) is 0 Å². The molecule has 0 unspecified atom stereocenters. The van der Waals surface area contributed by atoms with Crippen LogP contribution in [0.3, 0.4) is 0 Å². The summed E-state index contributed by atoms with van der Waals surface area (Å²) in [5, 5.41) is 2.50. The Labute approximate surface area is 134 Å². The highest BCUT2D eigenvalue weighted by atomic mass is 19.1. The number of amides is 1. The number of ether oxygens (including phenoxy) is 2. The Bertz CT molecular complexity index is 575. The van der Waals surface area contributed by atoms with Crippen LogP contribution in [0.5, 0.6) is 0 Å². The molecule has 0 aromatic heterocycles. The molecule has 1 aromatic carbocycles. The minimum atomic E-state index is -0.977. The second-order valence-corrected chi connectivity index (χ2v) is 5.11. The zero-order chi connectivity index (χ0) is 17.4. The fourth-order valence-electron chi connectivity index (χ4n) is 2.08. The Morgan fingerprint density at radius 1 is 1.17 bits per heavy atom. The van der Waals surface area contributed by atoms with Gasteiger partial charge in [0.1, 0.15) is 11.9 Å². The van der Waals surface area contributed by atoms with Crippen molar-refractivity contribution < 1.29 is 28.2 Å². The maximum absolute atomic E-state index is 13.1. The number of esters is 2. The lowest BCUT2D eigenvalue weighted by atomic mass is 10.0. The molecule has 1 N–H and O–H groups in total. The van der Waals surface area contributed by atoms with Crippen LogP contribution in [-0.4, -0.2) is 38.1 Å². The molecular weight excluding hydrogens is 305 g/mol. The first-order valence-electron chi connectivity index (χ1n) is 7.06. The van der Waals surface area contributed by atoms with Crippen LogP contribution in [0.1, 0.15) is 18.9 Å². The highest BCUT2D eigenvalue weighted by Crippen LogP contribution is 2.10.